The van der Waals surface area contributed by atoms with Crippen LogP contribution in [0.2, 0.25) is 0 Å². The predicted molar refractivity (Wildman–Crippen MR) is 91.9 cm³/mol. The number of hydrogen-bond acceptors (Lipinski definition) is 3. The highest BCUT2D eigenvalue weighted by Crippen LogP contribution is 2.29. The van der Waals surface area contributed by atoms with Crippen molar-refractivity contribution >= 4 is 17.8 Å². The van der Waals surface area contributed by atoms with Gasteiger partial charge in [-0.1, -0.05) is 25.0 Å². The van der Waals surface area contributed by atoms with Gasteiger partial charge in [0, 0.05) is 25.6 Å². The molecule has 26 heavy (non-hydrogen) atoms. The van der Waals surface area contributed by atoms with Gasteiger partial charge in [-0.15, -0.1) is 0 Å². The first-order chi connectivity index (χ1) is 12.5. The lowest BCUT2D eigenvalue weighted by atomic mass is 9.98. The fraction of sp³-hybridized carbons (Fsp3) is 0.526. The van der Waals surface area contributed by atoms with Crippen molar-refractivity contribution in [2.24, 2.45) is 5.92 Å². The molecule has 2 N–H and O–H groups in total. The van der Waals surface area contributed by atoms with Crippen molar-refractivity contribution in [1.29, 1.82) is 0 Å². The minimum atomic E-state index is -1.09. The highest BCUT2D eigenvalue weighted by molar-refractivity contribution is 5.89. The zero-order valence-electron chi connectivity index (χ0n) is 14.5. The molecule has 0 aromatic heterocycles. The number of nitrogens with one attached hydrogen (secondary N) is 1. The largest absolute Gasteiger partial charge is 0.481 e. The summed E-state index contributed by atoms with van der Waals surface area (Å²) >= 11 is 0. The lowest BCUT2D eigenvalue weighted by molar-refractivity contribution is -0.139. The molecular formula is C19H23FN2O4. The molecular weight excluding hydrogens is 339 g/mol. The number of benzene rings is 1. The molecule has 0 bridgehead atoms. The van der Waals surface area contributed by atoms with Gasteiger partial charge in [-0.05, 0) is 30.5 Å². The van der Waals surface area contributed by atoms with E-state index in [1.54, 1.807) is 0 Å². The number of hydrogen-bond donors (Lipinski definition) is 2. The predicted octanol–water partition coefficient (Wildman–Crippen LogP) is 1.90. The Balaban J connectivity index is 1.57. The van der Waals surface area contributed by atoms with Crippen molar-refractivity contribution < 1.29 is 23.9 Å². The van der Waals surface area contributed by atoms with Crippen LogP contribution < -0.4 is 5.32 Å². The van der Waals surface area contributed by atoms with Crippen molar-refractivity contribution in [2.45, 2.75) is 44.1 Å². The van der Waals surface area contributed by atoms with E-state index in [0.717, 1.165) is 25.7 Å². The van der Waals surface area contributed by atoms with E-state index in [0.29, 0.717) is 12.1 Å². The third-order valence-corrected chi connectivity index (χ3v) is 5.35. The van der Waals surface area contributed by atoms with E-state index < -0.39 is 23.6 Å². The van der Waals surface area contributed by atoms with Crippen LogP contribution in [-0.4, -0.2) is 46.9 Å². The normalized spacial score (nSPS) is 21.8. The summed E-state index contributed by atoms with van der Waals surface area (Å²) in [6.07, 6.45) is 4.39. The zero-order chi connectivity index (χ0) is 18.7. The molecule has 1 aromatic carbocycles. The third-order valence-electron chi connectivity index (χ3n) is 5.35. The van der Waals surface area contributed by atoms with E-state index in [-0.39, 0.29) is 30.8 Å². The van der Waals surface area contributed by atoms with Crippen LogP contribution in [-0.2, 0) is 14.4 Å². The lowest BCUT2D eigenvalue weighted by Crippen LogP contribution is -2.38. The van der Waals surface area contributed by atoms with Gasteiger partial charge in [0.2, 0.25) is 11.8 Å². The van der Waals surface area contributed by atoms with Gasteiger partial charge in [-0.2, -0.15) is 0 Å². The summed E-state index contributed by atoms with van der Waals surface area (Å²) in [6, 6.07) is 5.44. The standard InChI is InChI=1S/C19H23FN2O4/c20-14-7-5-12(6-8-14)16(19(25)26)10-21-18(24)13-9-17(23)22(11-13)15-3-1-2-4-15/h5-8,13,15-16H,1-4,9-11H2,(H,21,24)(H,25,26). The van der Waals surface area contributed by atoms with Crippen LogP contribution in [0.25, 0.3) is 0 Å². The molecule has 1 aromatic rings. The van der Waals surface area contributed by atoms with Crippen molar-refractivity contribution in [1.82, 2.24) is 10.2 Å². The number of likely N-dealkylation sites (tertiary alicyclic amines) is 1. The van der Waals surface area contributed by atoms with Crippen LogP contribution in [0.1, 0.15) is 43.6 Å². The highest BCUT2D eigenvalue weighted by atomic mass is 19.1. The van der Waals surface area contributed by atoms with Crippen LogP contribution in [0.3, 0.4) is 0 Å². The molecule has 1 saturated heterocycles. The smallest absolute Gasteiger partial charge is 0.312 e. The minimum Gasteiger partial charge on any atom is -0.481 e. The fourth-order valence-corrected chi connectivity index (χ4v) is 3.87. The molecule has 1 aliphatic heterocycles. The number of carboxylic acids is 1. The Morgan fingerprint density at radius 3 is 2.50 bits per heavy atom. The first kappa shape index (κ1) is 18.4. The van der Waals surface area contributed by atoms with E-state index in [9.17, 15) is 23.9 Å². The van der Waals surface area contributed by atoms with Crippen LogP contribution in [0.15, 0.2) is 24.3 Å². The van der Waals surface area contributed by atoms with Crippen LogP contribution in [0.4, 0.5) is 4.39 Å². The Kier molecular flexibility index (Phi) is 5.54. The van der Waals surface area contributed by atoms with Gasteiger partial charge < -0.3 is 15.3 Å². The van der Waals surface area contributed by atoms with E-state index in [4.69, 9.17) is 0 Å². The quantitative estimate of drug-likeness (QED) is 0.809. The summed E-state index contributed by atoms with van der Waals surface area (Å²) in [6.45, 7) is 0.317. The number of halogens is 1. The monoisotopic (exact) mass is 362 g/mol. The second-order valence-corrected chi connectivity index (χ2v) is 7.07. The number of amides is 2. The average molecular weight is 362 g/mol. The molecule has 2 fully saturated rings. The van der Waals surface area contributed by atoms with Gasteiger partial charge in [0.25, 0.3) is 0 Å². The summed E-state index contributed by atoms with van der Waals surface area (Å²) in [4.78, 5) is 37.9. The molecule has 1 aliphatic carbocycles. The average Bonchev–Trinajstić information content (AvgIpc) is 3.25. The molecule has 2 aliphatic rings. The van der Waals surface area contributed by atoms with E-state index >= 15 is 0 Å². The van der Waals surface area contributed by atoms with Crippen molar-refractivity contribution in [3.05, 3.63) is 35.6 Å². The van der Waals surface area contributed by atoms with Crippen molar-refractivity contribution in [2.75, 3.05) is 13.1 Å². The maximum Gasteiger partial charge on any atom is 0.312 e. The highest BCUT2D eigenvalue weighted by Gasteiger charge is 2.38. The number of carboxylic acid groups (broad SMARTS) is 1. The first-order valence-electron chi connectivity index (χ1n) is 9.01. The molecule has 1 saturated carbocycles. The Hall–Kier alpha value is -2.44. The first-order valence-corrected chi connectivity index (χ1v) is 9.01. The van der Waals surface area contributed by atoms with Gasteiger partial charge in [-0.25, -0.2) is 4.39 Å². The SMILES string of the molecule is O=C(NCC(C(=O)O)c1ccc(F)cc1)C1CC(=O)N(C2CCCC2)C1. The third kappa shape index (κ3) is 4.03. The van der Waals surface area contributed by atoms with E-state index in [1.165, 1.54) is 24.3 Å². The molecule has 7 heteroatoms. The molecule has 1 heterocycles. The molecule has 6 nitrogen and oxygen atoms in total. The molecule has 2 unspecified atom stereocenters. The summed E-state index contributed by atoms with van der Waals surface area (Å²) in [5.41, 5.74) is 0.425. The number of carbonyl (C=O) groups excluding carboxylic acids is 2. The maximum absolute atomic E-state index is 13.0. The molecule has 3 rings (SSSR count). The van der Waals surface area contributed by atoms with Crippen LogP contribution in [0, 0.1) is 11.7 Å². The number of carbonyl (C=O) groups is 3. The zero-order valence-corrected chi connectivity index (χ0v) is 14.5. The van der Waals surface area contributed by atoms with Crippen LogP contribution in [0.5, 0.6) is 0 Å². The number of nitrogens with zero attached hydrogens (tertiary/aromatic N) is 1. The molecule has 0 spiro atoms. The fourth-order valence-electron chi connectivity index (χ4n) is 3.87. The van der Waals surface area contributed by atoms with E-state index in [2.05, 4.69) is 5.32 Å². The second kappa shape index (κ2) is 7.85. The second-order valence-electron chi connectivity index (χ2n) is 7.07. The van der Waals surface area contributed by atoms with Crippen molar-refractivity contribution in [3.63, 3.8) is 0 Å². The molecule has 140 valence electrons. The summed E-state index contributed by atoms with van der Waals surface area (Å²) in [5, 5.41) is 12.1. The molecule has 0 radical (unpaired) electrons. The van der Waals surface area contributed by atoms with Crippen LogP contribution >= 0.6 is 0 Å². The molecule has 2 atom stereocenters. The number of rotatable bonds is 6. The Labute approximate surface area is 151 Å². The van der Waals surface area contributed by atoms with Gasteiger partial charge >= 0.3 is 5.97 Å². The Morgan fingerprint density at radius 1 is 1.23 bits per heavy atom. The Morgan fingerprint density at radius 2 is 1.88 bits per heavy atom. The summed E-state index contributed by atoms with van der Waals surface area (Å²) in [7, 11) is 0. The Bertz CT molecular complexity index is 685. The number of aliphatic carboxylic acids is 1. The van der Waals surface area contributed by atoms with Gasteiger partial charge in [-0.3, -0.25) is 14.4 Å². The summed E-state index contributed by atoms with van der Waals surface area (Å²) < 4.78 is 13.0. The minimum absolute atomic E-state index is 0.00497. The van der Waals surface area contributed by atoms with Gasteiger partial charge in [0.05, 0.1) is 11.8 Å². The molecule has 2 amide bonds. The van der Waals surface area contributed by atoms with Crippen molar-refractivity contribution in [3.8, 4) is 0 Å². The van der Waals surface area contributed by atoms with E-state index in [1.807, 2.05) is 4.90 Å². The topological polar surface area (TPSA) is 86.7 Å². The van der Waals surface area contributed by atoms with Gasteiger partial charge in [0.1, 0.15) is 5.82 Å². The van der Waals surface area contributed by atoms with Gasteiger partial charge in [0.15, 0.2) is 0 Å². The summed E-state index contributed by atoms with van der Waals surface area (Å²) in [5.74, 6) is -3.23. The maximum atomic E-state index is 13.0. The lowest BCUT2D eigenvalue weighted by Gasteiger charge is -2.24.